The fraction of sp³-hybridized carbons (Fsp3) is 0.765. The van der Waals surface area contributed by atoms with E-state index >= 15 is 0 Å². The van der Waals surface area contributed by atoms with Crippen molar-refractivity contribution >= 4 is 5.91 Å². The van der Waals surface area contributed by atoms with Crippen molar-refractivity contribution in [2.45, 2.75) is 57.1 Å². The zero-order valence-corrected chi connectivity index (χ0v) is 13.6. The molecule has 1 saturated heterocycles. The highest BCUT2D eigenvalue weighted by Crippen LogP contribution is 2.27. The molecule has 1 aliphatic carbocycles. The number of aryl methyl sites for hydroxylation is 1. The number of hydrogen-bond donors (Lipinski definition) is 2. The molecule has 1 aromatic heterocycles. The highest BCUT2D eigenvalue weighted by Gasteiger charge is 2.29. The van der Waals surface area contributed by atoms with E-state index in [1.165, 1.54) is 19.3 Å². The van der Waals surface area contributed by atoms with Crippen LogP contribution in [-0.2, 0) is 20.7 Å². The molecule has 0 unspecified atom stereocenters. The van der Waals surface area contributed by atoms with Crippen LogP contribution >= 0.6 is 0 Å². The number of nitrogens with zero attached hydrogens (tertiary/aromatic N) is 1. The maximum absolute atomic E-state index is 12.2. The van der Waals surface area contributed by atoms with Gasteiger partial charge >= 0.3 is 0 Å². The van der Waals surface area contributed by atoms with Crippen LogP contribution in [0.15, 0.2) is 12.4 Å². The lowest BCUT2D eigenvalue weighted by atomic mass is 9.86. The summed E-state index contributed by atoms with van der Waals surface area (Å²) in [6.45, 7) is 2.09. The summed E-state index contributed by atoms with van der Waals surface area (Å²) >= 11 is 0. The number of carbonyl (C=O) groups excluding carboxylic acids is 1. The van der Waals surface area contributed by atoms with Gasteiger partial charge in [-0.25, -0.2) is 0 Å². The molecule has 0 spiro atoms. The predicted octanol–water partition coefficient (Wildman–Crippen LogP) is 1.82. The Morgan fingerprint density at radius 2 is 2.35 bits per heavy atom. The Kier molecular flexibility index (Phi) is 6.05. The molecule has 2 aliphatic rings. The summed E-state index contributed by atoms with van der Waals surface area (Å²) in [6.07, 6.45) is 10.6. The fourth-order valence-corrected chi connectivity index (χ4v) is 3.11. The topological polar surface area (TPSA) is 76.2 Å². The minimum atomic E-state index is 0.00201. The largest absolute Gasteiger partial charge is 0.379 e. The second-order valence-electron chi connectivity index (χ2n) is 6.67. The van der Waals surface area contributed by atoms with Crippen LogP contribution in [0.25, 0.3) is 0 Å². The maximum atomic E-state index is 12.2. The number of amides is 1. The number of ether oxygens (including phenoxy) is 2. The van der Waals surface area contributed by atoms with Crippen LogP contribution in [0.2, 0.25) is 0 Å². The third-order valence-corrected chi connectivity index (χ3v) is 4.85. The SMILES string of the molecule is O=C(CCCc1cn[nH]c1)N[C@@H]1CCOC[C@H]1OCC1CCC1. The van der Waals surface area contributed by atoms with Gasteiger partial charge in [0.2, 0.25) is 5.91 Å². The van der Waals surface area contributed by atoms with Crippen LogP contribution < -0.4 is 5.32 Å². The first-order valence-corrected chi connectivity index (χ1v) is 8.77. The molecule has 128 valence electrons. The summed E-state index contributed by atoms with van der Waals surface area (Å²) in [5, 5.41) is 9.85. The van der Waals surface area contributed by atoms with Crippen molar-refractivity contribution in [2.75, 3.05) is 19.8 Å². The molecule has 2 atom stereocenters. The molecular weight excluding hydrogens is 294 g/mol. The van der Waals surface area contributed by atoms with Gasteiger partial charge in [-0.05, 0) is 43.6 Å². The van der Waals surface area contributed by atoms with E-state index in [2.05, 4.69) is 15.5 Å². The molecule has 6 heteroatoms. The van der Waals surface area contributed by atoms with E-state index in [9.17, 15) is 4.79 Å². The van der Waals surface area contributed by atoms with E-state index < -0.39 is 0 Å². The molecule has 0 radical (unpaired) electrons. The van der Waals surface area contributed by atoms with Crippen LogP contribution in [0.1, 0.15) is 44.1 Å². The summed E-state index contributed by atoms with van der Waals surface area (Å²) in [5.41, 5.74) is 1.14. The Morgan fingerprint density at radius 3 is 3.09 bits per heavy atom. The van der Waals surface area contributed by atoms with Crippen LogP contribution in [0.3, 0.4) is 0 Å². The third-order valence-electron chi connectivity index (χ3n) is 4.85. The predicted molar refractivity (Wildman–Crippen MR) is 86.0 cm³/mol. The Morgan fingerprint density at radius 1 is 1.43 bits per heavy atom. The molecule has 2 heterocycles. The van der Waals surface area contributed by atoms with E-state index in [1.807, 2.05) is 6.20 Å². The molecule has 2 N–H and O–H groups in total. The van der Waals surface area contributed by atoms with Crippen molar-refractivity contribution in [3.8, 4) is 0 Å². The molecule has 1 aromatic rings. The van der Waals surface area contributed by atoms with Crippen LogP contribution in [0.4, 0.5) is 0 Å². The Balaban J connectivity index is 1.37. The van der Waals surface area contributed by atoms with Gasteiger partial charge in [-0.3, -0.25) is 9.89 Å². The average Bonchev–Trinajstić information content (AvgIpc) is 3.00. The van der Waals surface area contributed by atoms with E-state index in [0.29, 0.717) is 25.6 Å². The Labute approximate surface area is 137 Å². The normalized spacial score (nSPS) is 25.0. The number of carbonyl (C=O) groups is 1. The van der Waals surface area contributed by atoms with Gasteiger partial charge < -0.3 is 14.8 Å². The minimum absolute atomic E-state index is 0.00201. The van der Waals surface area contributed by atoms with Crippen molar-refractivity contribution in [1.82, 2.24) is 15.5 Å². The summed E-state index contributed by atoms with van der Waals surface area (Å²) in [5.74, 6) is 0.820. The fourth-order valence-electron chi connectivity index (χ4n) is 3.11. The molecule has 6 nitrogen and oxygen atoms in total. The second kappa shape index (κ2) is 8.45. The van der Waals surface area contributed by atoms with E-state index in [-0.39, 0.29) is 18.1 Å². The molecular formula is C17H27N3O3. The van der Waals surface area contributed by atoms with E-state index in [1.54, 1.807) is 6.20 Å². The molecule has 2 fully saturated rings. The molecule has 0 bridgehead atoms. The highest BCUT2D eigenvalue weighted by molar-refractivity contribution is 5.76. The average molecular weight is 321 g/mol. The number of aromatic amines is 1. The minimum Gasteiger partial charge on any atom is -0.379 e. The Bertz CT molecular complexity index is 473. The van der Waals surface area contributed by atoms with Gasteiger partial charge in [0.1, 0.15) is 6.10 Å². The number of nitrogens with one attached hydrogen (secondary N) is 2. The van der Waals surface area contributed by atoms with Crippen molar-refractivity contribution in [3.63, 3.8) is 0 Å². The quantitative estimate of drug-likeness (QED) is 0.766. The maximum Gasteiger partial charge on any atom is 0.220 e. The smallest absolute Gasteiger partial charge is 0.220 e. The molecule has 0 aromatic carbocycles. The van der Waals surface area contributed by atoms with Gasteiger partial charge in [-0.1, -0.05) is 6.42 Å². The van der Waals surface area contributed by atoms with Crippen molar-refractivity contribution in [2.24, 2.45) is 5.92 Å². The first kappa shape index (κ1) is 16.5. The molecule has 23 heavy (non-hydrogen) atoms. The van der Waals surface area contributed by atoms with Crippen LogP contribution in [0.5, 0.6) is 0 Å². The summed E-state index contributed by atoms with van der Waals surface area (Å²) in [7, 11) is 0. The molecule has 1 amide bonds. The zero-order chi connectivity index (χ0) is 15.9. The zero-order valence-electron chi connectivity index (χ0n) is 13.6. The number of hydrogen-bond acceptors (Lipinski definition) is 4. The van der Waals surface area contributed by atoms with Gasteiger partial charge in [0.15, 0.2) is 0 Å². The monoisotopic (exact) mass is 321 g/mol. The van der Waals surface area contributed by atoms with E-state index in [0.717, 1.165) is 31.4 Å². The van der Waals surface area contributed by atoms with Crippen molar-refractivity contribution in [1.29, 1.82) is 0 Å². The van der Waals surface area contributed by atoms with Gasteiger partial charge in [0.05, 0.1) is 18.8 Å². The van der Waals surface area contributed by atoms with Crippen LogP contribution in [0, 0.1) is 5.92 Å². The lowest BCUT2D eigenvalue weighted by Crippen LogP contribution is -2.50. The number of rotatable bonds is 8. The first-order valence-electron chi connectivity index (χ1n) is 8.77. The molecule has 3 rings (SSSR count). The van der Waals surface area contributed by atoms with Crippen molar-refractivity contribution in [3.05, 3.63) is 18.0 Å². The number of aromatic nitrogens is 2. The lowest BCUT2D eigenvalue weighted by Gasteiger charge is -2.34. The summed E-state index contributed by atoms with van der Waals surface area (Å²) in [6, 6.07) is 0.0882. The standard InChI is InChI=1S/C17H27N3O3/c21-17(6-2-5-14-9-18-19-10-14)20-15-7-8-22-12-16(15)23-11-13-3-1-4-13/h9-10,13,15-16H,1-8,11-12H2,(H,18,19)(H,20,21)/t15-,16-/m1/s1. The lowest BCUT2D eigenvalue weighted by molar-refractivity contribution is -0.127. The van der Waals surface area contributed by atoms with Crippen molar-refractivity contribution < 1.29 is 14.3 Å². The molecule has 1 aliphatic heterocycles. The van der Waals surface area contributed by atoms with Crippen LogP contribution in [-0.4, -0.2) is 48.1 Å². The summed E-state index contributed by atoms with van der Waals surface area (Å²) in [4.78, 5) is 12.2. The van der Waals surface area contributed by atoms with Gasteiger partial charge in [0.25, 0.3) is 0 Å². The third kappa shape index (κ3) is 5.04. The summed E-state index contributed by atoms with van der Waals surface area (Å²) < 4.78 is 11.5. The van der Waals surface area contributed by atoms with Gasteiger partial charge in [0, 0.05) is 25.8 Å². The Hall–Kier alpha value is -1.40. The first-order chi connectivity index (χ1) is 11.3. The number of H-pyrrole nitrogens is 1. The molecule has 1 saturated carbocycles. The highest BCUT2D eigenvalue weighted by atomic mass is 16.5. The van der Waals surface area contributed by atoms with Gasteiger partial charge in [-0.15, -0.1) is 0 Å². The van der Waals surface area contributed by atoms with E-state index in [4.69, 9.17) is 9.47 Å². The second-order valence-corrected chi connectivity index (χ2v) is 6.67. The van der Waals surface area contributed by atoms with Gasteiger partial charge in [-0.2, -0.15) is 5.10 Å².